The van der Waals surface area contributed by atoms with Gasteiger partial charge in [0.15, 0.2) is 0 Å². The molecule has 3 heterocycles. The lowest BCUT2D eigenvalue weighted by atomic mass is 9.86. The van der Waals surface area contributed by atoms with E-state index in [0.29, 0.717) is 0 Å². The number of hydrogen-bond donors (Lipinski definition) is 1. The van der Waals surface area contributed by atoms with Crippen molar-refractivity contribution in [3.05, 3.63) is 18.5 Å². The number of aromatic nitrogens is 2. The van der Waals surface area contributed by atoms with Crippen molar-refractivity contribution in [2.24, 2.45) is 5.92 Å². The van der Waals surface area contributed by atoms with Crippen molar-refractivity contribution in [2.45, 2.75) is 50.5 Å². The van der Waals surface area contributed by atoms with Crippen LogP contribution in [-0.4, -0.2) is 71.3 Å². The molecule has 1 aliphatic carbocycles. The maximum Gasteiger partial charge on any atom is 0.250 e. The molecule has 1 aromatic heterocycles. The van der Waals surface area contributed by atoms with Gasteiger partial charge in [-0.3, -0.25) is 14.4 Å². The summed E-state index contributed by atoms with van der Waals surface area (Å²) < 4.78 is 1.92. The van der Waals surface area contributed by atoms with Gasteiger partial charge in [0.05, 0.1) is 0 Å². The number of halogens is 2. The minimum absolute atomic E-state index is 0. The molecule has 3 aliphatic rings. The Morgan fingerprint density at radius 3 is 2.32 bits per heavy atom. The van der Waals surface area contributed by atoms with E-state index in [1.807, 2.05) is 16.9 Å². The Morgan fingerprint density at radius 2 is 1.71 bits per heavy atom. The molecule has 3 fully saturated rings. The van der Waals surface area contributed by atoms with E-state index in [1.54, 1.807) is 6.20 Å². The van der Waals surface area contributed by atoms with E-state index in [4.69, 9.17) is 0 Å². The molecule has 0 spiro atoms. The fraction of sp³-hybridized carbons (Fsp3) is 0.800. The summed E-state index contributed by atoms with van der Waals surface area (Å²) in [6.45, 7) is 6.77. The minimum atomic E-state index is -0.486. The minimum Gasteiger partial charge on any atom is -0.338 e. The number of piperazine rings is 1. The molecule has 4 rings (SSSR count). The lowest BCUT2D eigenvalue weighted by molar-refractivity contribution is -0.145. The predicted molar refractivity (Wildman–Crippen MR) is 116 cm³/mol. The molecule has 1 aromatic rings. The SMILES string of the molecule is Cl.Cl.O=C(N1CCN(CC2CCCCC2)CC1)C1(n2cccn2)CCNCC1. The summed E-state index contributed by atoms with van der Waals surface area (Å²) >= 11 is 0. The Morgan fingerprint density at radius 1 is 1.04 bits per heavy atom. The van der Waals surface area contributed by atoms with Crippen molar-refractivity contribution in [1.82, 2.24) is 24.9 Å². The van der Waals surface area contributed by atoms with Crippen LogP contribution in [-0.2, 0) is 10.3 Å². The van der Waals surface area contributed by atoms with Crippen LogP contribution in [0.25, 0.3) is 0 Å². The largest absolute Gasteiger partial charge is 0.338 e. The molecule has 0 unspecified atom stereocenters. The predicted octanol–water partition coefficient (Wildman–Crippen LogP) is 2.53. The number of hydrogen-bond acceptors (Lipinski definition) is 4. The monoisotopic (exact) mass is 431 g/mol. The molecule has 1 N–H and O–H groups in total. The second kappa shape index (κ2) is 10.8. The molecule has 28 heavy (non-hydrogen) atoms. The molecule has 1 amide bonds. The standard InChI is InChI=1S/C20H33N5O.2ClH/c26-19(20(7-10-21-11-8-20)25-12-4-9-22-25)24-15-13-23(14-16-24)17-18-5-2-1-3-6-18;;/h4,9,12,18,21H,1-3,5-8,10-11,13-17H2;2*1H. The quantitative estimate of drug-likeness (QED) is 0.795. The summed E-state index contributed by atoms with van der Waals surface area (Å²) in [5, 5.41) is 7.84. The van der Waals surface area contributed by atoms with Gasteiger partial charge >= 0.3 is 0 Å². The zero-order valence-corrected chi connectivity index (χ0v) is 18.4. The summed E-state index contributed by atoms with van der Waals surface area (Å²) in [5.41, 5.74) is -0.486. The summed E-state index contributed by atoms with van der Waals surface area (Å²) in [6.07, 6.45) is 12.4. The van der Waals surface area contributed by atoms with Crippen molar-refractivity contribution < 1.29 is 4.79 Å². The second-order valence-electron chi connectivity index (χ2n) is 8.33. The van der Waals surface area contributed by atoms with Crippen LogP contribution in [0, 0.1) is 5.92 Å². The Labute approximate surface area is 181 Å². The normalized spacial score (nSPS) is 23.5. The van der Waals surface area contributed by atoms with Crippen LogP contribution in [0.5, 0.6) is 0 Å². The van der Waals surface area contributed by atoms with Gasteiger partial charge in [-0.15, -0.1) is 24.8 Å². The van der Waals surface area contributed by atoms with Gasteiger partial charge in [-0.25, -0.2) is 0 Å². The number of carbonyl (C=O) groups excluding carboxylic acids is 1. The molecular formula is C20H35Cl2N5O. The van der Waals surface area contributed by atoms with Gasteiger partial charge < -0.3 is 10.2 Å². The van der Waals surface area contributed by atoms with E-state index in [9.17, 15) is 4.79 Å². The van der Waals surface area contributed by atoms with Gasteiger partial charge in [0.2, 0.25) is 0 Å². The highest BCUT2D eigenvalue weighted by atomic mass is 35.5. The fourth-order valence-electron chi connectivity index (χ4n) is 5.07. The number of nitrogens with one attached hydrogen (secondary N) is 1. The first-order valence-electron chi connectivity index (χ1n) is 10.5. The van der Waals surface area contributed by atoms with E-state index in [-0.39, 0.29) is 30.7 Å². The van der Waals surface area contributed by atoms with Crippen LogP contribution < -0.4 is 5.32 Å². The van der Waals surface area contributed by atoms with Crippen LogP contribution in [0.2, 0.25) is 0 Å². The zero-order valence-electron chi connectivity index (χ0n) is 16.7. The Hall–Kier alpha value is -0.820. The van der Waals surface area contributed by atoms with Gasteiger partial charge in [0, 0.05) is 45.1 Å². The number of carbonyl (C=O) groups is 1. The molecule has 0 bridgehead atoms. The number of amides is 1. The van der Waals surface area contributed by atoms with Crippen LogP contribution >= 0.6 is 24.8 Å². The highest BCUT2D eigenvalue weighted by molar-refractivity contribution is 5.86. The van der Waals surface area contributed by atoms with Crippen molar-refractivity contribution in [2.75, 3.05) is 45.8 Å². The summed E-state index contributed by atoms with van der Waals surface area (Å²) in [4.78, 5) is 18.2. The van der Waals surface area contributed by atoms with Crippen LogP contribution in [0.15, 0.2) is 18.5 Å². The molecule has 1 saturated carbocycles. The number of nitrogens with zero attached hydrogens (tertiary/aromatic N) is 4. The molecule has 2 saturated heterocycles. The van der Waals surface area contributed by atoms with Crippen molar-refractivity contribution in [3.8, 4) is 0 Å². The smallest absolute Gasteiger partial charge is 0.250 e. The highest BCUT2D eigenvalue weighted by Crippen LogP contribution is 2.30. The van der Waals surface area contributed by atoms with Crippen LogP contribution in [0.3, 0.4) is 0 Å². The van der Waals surface area contributed by atoms with E-state index < -0.39 is 5.54 Å². The van der Waals surface area contributed by atoms with Gasteiger partial charge in [-0.2, -0.15) is 5.10 Å². The van der Waals surface area contributed by atoms with Gasteiger partial charge in [-0.05, 0) is 50.8 Å². The number of rotatable bonds is 4. The average Bonchev–Trinajstić information content (AvgIpc) is 3.25. The summed E-state index contributed by atoms with van der Waals surface area (Å²) in [7, 11) is 0. The first-order chi connectivity index (χ1) is 12.8. The van der Waals surface area contributed by atoms with Crippen LogP contribution in [0.1, 0.15) is 44.9 Å². The summed E-state index contributed by atoms with van der Waals surface area (Å²) in [6, 6.07) is 1.93. The van der Waals surface area contributed by atoms with Gasteiger partial charge in [0.1, 0.15) is 5.54 Å². The van der Waals surface area contributed by atoms with Crippen molar-refractivity contribution in [3.63, 3.8) is 0 Å². The van der Waals surface area contributed by atoms with E-state index in [1.165, 1.54) is 38.6 Å². The topological polar surface area (TPSA) is 53.4 Å². The third-order valence-corrected chi connectivity index (χ3v) is 6.67. The first-order valence-corrected chi connectivity index (χ1v) is 10.5. The van der Waals surface area contributed by atoms with E-state index in [0.717, 1.165) is 58.0 Å². The Bertz CT molecular complexity index is 577. The molecule has 8 heteroatoms. The maximum absolute atomic E-state index is 13.5. The lowest BCUT2D eigenvalue weighted by Gasteiger charge is -2.43. The molecule has 0 aromatic carbocycles. The van der Waals surface area contributed by atoms with E-state index >= 15 is 0 Å². The van der Waals surface area contributed by atoms with Gasteiger partial charge in [0.25, 0.3) is 5.91 Å². The van der Waals surface area contributed by atoms with Crippen LogP contribution in [0.4, 0.5) is 0 Å². The summed E-state index contributed by atoms with van der Waals surface area (Å²) in [5.74, 6) is 1.16. The first kappa shape index (κ1) is 23.5. The molecule has 160 valence electrons. The van der Waals surface area contributed by atoms with Crippen molar-refractivity contribution in [1.29, 1.82) is 0 Å². The molecule has 6 nitrogen and oxygen atoms in total. The third kappa shape index (κ3) is 5.02. The zero-order chi connectivity index (χ0) is 17.8. The Balaban J connectivity index is 0.00000140. The Kier molecular flexibility index (Phi) is 9.06. The maximum atomic E-state index is 13.5. The molecule has 0 atom stereocenters. The molecule has 2 aliphatic heterocycles. The fourth-order valence-corrected chi connectivity index (χ4v) is 5.07. The van der Waals surface area contributed by atoms with Gasteiger partial charge in [-0.1, -0.05) is 19.3 Å². The molecule has 0 radical (unpaired) electrons. The van der Waals surface area contributed by atoms with Crippen molar-refractivity contribution >= 4 is 30.7 Å². The van der Waals surface area contributed by atoms with E-state index in [2.05, 4.69) is 20.2 Å². The highest BCUT2D eigenvalue weighted by Gasteiger charge is 2.44. The number of piperidine rings is 1. The second-order valence-corrected chi connectivity index (χ2v) is 8.33. The lowest BCUT2D eigenvalue weighted by Crippen LogP contribution is -2.59. The molecular weight excluding hydrogens is 397 g/mol. The third-order valence-electron chi connectivity index (χ3n) is 6.67. The average molecular weight is 432 g/mol.